The smallest absolute Gasteiger partial charge is 0.224 e. The molecule has 0 aromatic heterocycles. The standard InChI is InChI=1S/C13H19FN2O/c1-9(2)3-6-13(17)16-12-5-4-10(8-15)7-11(12)14/h4-5,7,9H,3,6,8,15H2,1-2H3,(H,16,17). The fourth-order valence-corrected chi connectivity index (χ4v) is 1.42. The van der Waals surface area contributed by atoms with E-state index < -0.39 is 5.82 Å². The molecule has 0 atom stereocenters. The minimum Gasteiger partial charge on any atom is -0.326 e. The van der Waals surface area contributed by atoms with E-state index >= 15 is 0 Å². The van der Waals surface area contributed by atoms with Crippen LogP contribution in [0.4, 0.5) is 10.1 Å². The zero-order chi connectivity index (χ0) is 12.8. The van der Waals surface area contributed by atoms with Crippen LogP contribution in [0.2, 0.25) is 0 Å². The van der Waals surface area contributed by atoms with Crippen molar-refractivity contribution in [2.24, 2.45) is 11.7 Å². The second kappa shape index (κ2) is 6.35. The summed E-state index contributed by atoms with van der Waals surface area (Å²) in [6, 6.07) is 4.60. The molecule has 17 heavy (non-hydrogen) atoms. The third-order valence-corrected chi connectivity index (χ3v) is 2.49. The van der Waals surface area contributed by atoms with E-state index in [0.29, 0.717) is 24.4 Å². The van der Waals surface area contributed by atoms with Crippen LogP contribution >= 0.6 is 0 Å². The molecule has 0 aliphatic rings. The largest absolute Gasteiger partial charge is 0.326 e. The van der Waals surface area contributed by atoms with E-state index in [4.69, 9.17) is 5.73 Å². The maximum absolute atomic E-state index is 13.5. The molecule has 0 unspecified atom stereocenters. The summed E-state index contributed by atoms with van der Waals surface area (Å²) in [5.74, 6) is -0.130. The van der Waals surface area contributed by atoms with Gasteiger partial charge in [-0.15, -0.1) is 0 Å². The Balaban J connectivity index is 2.59. The summed E-state index contributed by atoms with van der Waals surface area (Å²) in [4.78, 5) is 11.5. The number of amides is 1. The van der Waals surface area contributed by atoms with Crippen molar-refractivity contribution >= 4 is 11.6 Å². The van der Waals surface area contributed by atoms with E-state index in [0.717, 1.165) is 6.42 Å². The van der Waals surface area contributed by atoms with E-state index in [1.807, 2.05) is 13.8 Å². The monoisotopic (exact) mass is 238 g/mol. The van der Waals surface area contributed by atoms with Crippen molar-refractivity contribution in [1.29, 1.82) is 0 Å². The molecule has 1 amide bonds. The summed E-state index contributed by atoms with van der Waals surface area (Å²) in [6.07, 6.45) is 1.21. The molecule has 0 aliphatic heterocycles. The van der Waals surface area contributed by atoms with Crippen molar-refractivity contribution in [3.05, 3.63) is 29.6 Å². The molecule has 1 aromatic carbocycles. The van der Waals surface area contributed by atoms with Crippen LogP contribution in [0.5, 0.6) is 0 Å². The van der Waals surface area contributed by atoms with Crippen molar-refractivity contribution in [3.8, 4) is 0 Å². The fraction of sp³-hybridized carbons (Fsp3) is 0.462. The lowest BCUT2D eigenvalue weighted by Gasteiger charge is -2.08. The predicted octanol–water partition coefficient (Wildman–Crippen LogP) is 2.66. The highest BCUT2D eigenvalue weighted by Crippen LogP contribution is 2.16. The molecule has 0 spiro atoms. The predicted molar refractivity (Wildman–Crippen MR) is 67.0 cm³/mol. The maximum Gasteiger partial charge on any atom is 0.224 e. The van der Waals surface area contributed by atoms with Crippen molar-refractivity contribution in [1.82, 2.24) is 0 Å². The summed E-state index contributed by atoms with van der Waals surface area (Å²) >= 11 is 0. The number of halogens is 1. The summed E-state index contributed by atoms with van der Waals surface area (Å²) in [5.41, 5.74) is 6.33. The molecule has 1 rings (SSSR count). The zero-order valence-electron chi connectivity index (χ0n) is 10.3. The average Bonchev–Trinajstić information content (AvgIpc) is 2.29. The van der Waals surface area contributed by atoms with Crippen molar-refractivity contribution < 1.29 is 9.18 Å². The maximum atomic E-state index is 13.5. The van der Waals surface area contributed by atoms with Crippen LogP contribution in [-0.4, -0.2) is 5.91 Å². The molecule has 4 heteroatoms. The van der Waals surface area contributed by atoms with Gasteiger partial charge in [0.05, 0.1) is 5.69 Å². The Labute approximate surface area is 101 Å². The Morgan fingerprint density at radius 3 is 2.71 bits per heavy atom. The van der Waals surface area contributed by atoms with Crippen LogP contribution in [0.3, 0.4) is 0 Å². The highest BCUT2D eigenvalue weighted by atomic mass is 19.1. The minimum atomic E-state index is -0.439. The van der Waals surface area contributed by atoms with E-state index in [1.54, 1.807) is 12.1 Å². The van der Waals surface area contributed by atoms with E-state index in [-0.39, 0.29) is 11.6 Å². The van der Waals surface area contributed by atoms with Gasteiger partial charge in [0.25, 0.3) is 0 Å². The fourth-order valence-electron chi connectivity index (χ4n) is 1.42. The zero-order valence-corrected chi connectivity index (χ0v) is 10.3. The Bertz CT molecular complexity index is 391. The average molecular weight is 238 g/mol. The van der Waals surface area contributed by atoms with E-state index in [9.17, 15) is 9.18 Å². The topological polar surface area (TPSA) is 55.1 Å². The third-order valence-electron chi connectivity index (χ3n) is 2.49. The first-order valence-electron chi connectivity index (χ1n) is 5.81. The second-order valence-electron chi connectivity index (χ2n) is 4.50. The summed E-state index contributed by atoms with van der Waals surface area (Å²) in [7, 11) is 0. The summed E-state index contributed by atoms with van der Waals surface area (Å²) in [5, 5.41) is 2.56. The molecular formula is C13H19FN2O. The van der Waals surface area contributed by atoms with Crippen LogP contribution in [0.1, 0.15) is 32.3 Å². The summed E-state index contributed by atoms with van der Waals surface area (Å²) < 4.78 is 13.5. The van der Waals surface area contributed by atoms with Crippen LogP contribution < -0.4 is 11.1 Å². The molecule has 0 radical (unpaired) electrons. The minimum absolute atomic E-state index is 0.155. The molecule has 0 heterocycles. The summed E-state index contributed by atoms with van der Waals surface area (Å²) in [6.45, 7) is 4.38. The van der Waals surface area contributed by atoms with Gasteiger partial charge >= 0.3 is 0 Å². The molecule has 0 bridgehead atoms. The highest BCUT2D eigenvalue weighted by Gasteiger charge is 2.08. The third kappa shape index (κ3) is 4.53. The Kier molecular flexibility index (Phi) is 5.10. The first-order valence-corrected chi connectivity index (χ1v) is 5.81. The van der Waals surface area contributed by atoms with Gasteiger partial charge in [-0.25, -0.2) is 4.39 Å². The number of hydrogen-bond donors (Lipinski definition) is 2. The second-order valence-corrected chi connectivity index (χ2v) is 4.50. The van der Waals surface area contributed by atoms with E-state index in [1.165, 1.54) is 6.07 Å². The Morgan fingerprint density at radius 1 is 1.47 bits per heavy atom. The van der Waals surface area contributed by atoms with Crippen molar-refractivity contribution in [3.63, 3.8) is 0 Å². The van der Waals surface area contributed by atoms with Gasteiger partial charge in [0, 0.05) is 13.0 Å². The number of rotatable bonds is 5. The lowest BCUT2D eigenvalue weighted by atomic mass is 10.1. The number of benzene rings is 1. The molecule has 1 aromatic rings. The quantitative estimate of drug-likeness (QED) is 0.828. The molecule has 3 nitrogen and oxygen atoms in total. The number of carbonyl (C=O) groups is 1. The van der Waals surface area contributed by atoms with Gasteiger partial charge in [-0.05, 0) is 30.0 Å². The van der Waals surface area contributed by atoms with Crippen LogP contribution in [0.25, 0.3) is 0 Å². The van der Waals surface area contributed by atoms with Gasteiger partial charge < -0.3 is 11.1 Å². The number of nitrogens with two attached hydrogens (primary N) is 1. The molecule has 0 saturated carbocycles. The number of anilines is 1. The van der Waals surface area contributed by atoms with Crippen molar-refractivity contribution in [2.75, 3.05) is 5.32 Å². The lowest BCUT2D eigenvalue weighted by Crippen LogP contribution is -2.13. The number of nitrogens with one attached hydrogen (secondary N) is 1. The van der Waals surface area contributed by atoms with Crippen LogP contribution in [-0.2, 0) is 11.3 Å². The van der Waals surface area contributed by atoms with Gasteiger partial charge in [-0.3, -0.25) is 4.79 Å². The first-order chi connectivity index (χ1) is 8.02. The normalized spacial score (nSPS) is 10.6. The van der Waals surface area contributed by atoms with Gasteiger partial charge in [0.2, 0.25) is 5.91 Å². The molecule has 3 N–H and O–H groups in total. The van der Waals surface area contributed by atoms with E-state index in [2.05, 4.69) is 5.32 Å². The van der Waals surface area contributed by atoms with Crippen molar-refractivity contribution in [2.45, 2.75) is 33.2 Å². The van der Waals surface area contributed by atoms with Gasteiger partial charge in [-0.1, -0.05) is 19.9 Å². The van der Waals surface area contributed by atoms with Gasteiger partial charge in [-0.2, -0.15) is 0 Å². The molecule has 0 fully saturated rings. The Hall–Kier alpha value is -1.42. The highest BCUT2D eigenvalue weighted by molar-refractivity contribution is 5.90. The first kappa shape index (κ1) is 13.6. The molecule has 94 valence electrons. The molecule has 0 aliphatic carbocycles. The lowest BCUT2D eigenvalue weighted by molar-refractivity contribution is -0.116. The van der Waals surface area contributed by atoms with Crippen LogP contribution in [0.15, 0.2) is 18.2 Å². The van der Waals surface area contributed by atoms with Gasteiger partial charge in [0.15, 0.2) is 0 Å². The molecular weight excluding hydrogens is 219 g/mol. The van der Waals surface area contributed by atoms with Crippen LogP contribution in [0, 0.1) is 11.7 Å². The number of hydrogen-bond acceptors (Lipinski definition) is 2. The van der Waals surface area contributed by atoms with Gasteiger partial charge in [0.1, 0.15) is 5.82 Å². The Morgan fingerprint density at radius 2 is 2.18 bits per heavy atom. The number of carbonyl (C=O) groups excluding carboxylic acids is 1. The molecule has 0 saturated heterocycles. The SMILES string of the molecule is CC(C)CCC(=O)Nc1ccc(CN)cc1F.